The second kappa shape index (κ2) is 4.58. The van der Waals surface area contributed by atoms with E-state index < -0.39 is 5.97 Å². The number of piperidine rings is 3. The highest BCUT2D eigenvalue weighted by atomic mass is 16.4. The van der Waals surface area contributed by atoms with Gasteiger partial charge in [0.15, 0.2) is 0 Å². The van der Waals surface area contributed by atoms with Gasteiger partial charge in [-0.25, -0.2) is 0 Å². The highest BCUT2D eigenvalue weighted by molar-refractivity contribution is 5.67. The van der Waals surface area contributed by atoms with Crippen LogP contribution in [-0.4, -0.2) is 59.1 Å². The van der Waals surface area contributed by atoms with Crippen LogP contribution >= 0.6 is 0 Å². The van der Waals surface area contributed by atoms with Crippen molar-refractivity contribution in [2.45, 2.75) is 44.2 Å². The molecule has 96 valence electrons. The highest BCUT2D eigenvalue weighted by Gasteiger charge is 2.41. The lowest BCUT2D eigenvalue weighted by Crippen LogP contribution is -2.58. The minimum atomic E-state index is -0.636. The smallest absolute Gasteiger partial charge is 0.304 e. The second-order valence-electron chi connectivity index (χ2n) is 5.84. The number of rotatable bonds is 3. The van der Waals surface area contributed by atoms with E-state index in [2.05, 4.69) is 9.80 Å². The van der Waals surface area contributed by atoms with Crippen LogP contribution in [-0.2, 0) is 4.79 Å². The molecular formula is C13H22N2O2. The fourth-order valence-electron chi connectivity index (χ4n) is 4.02. The van der Waals surface area contributed by atoms with Crippen LogP contribution in [0, 0.1) is 5.92 Å². The quantitative estimate of drug-likeness (QED) is 0.797. The van der Waals surface area contributed by atoms with Crippen molar-refractivity contribution < 1.29 is 9.90 Å². The van der Waals surface area contributed by atoms with Gasteiger partial charge in [0.1, 0.15) is 0 Å². The molecule has 0 aromatic heterocycles. The zero-order valence-corrected chi connectivity index (χ0v) is 10.3. The molecule has 0 saturated carbocycles. The summed E-state index contributed by atoms with van der Waals surface area (Å²) in [6.07, 6.45) is 5.24. The van der Waals surface area contributed by atoms with Crippen LogP contribution in [0.25, 0.3) is 0 Å². The standard InChI is InChI=1S/C13H22N2O2/c16-13(17)8-11-2-1-5-15(11)12-9-14-6-3-10(12)4-7-14/h10-12H,1-9H2,(H,16,17). The Labute approximate surface area is 103 Å². The molecule has 0 aliphatic carbocycles. The van der Waals surface area contributed by atoms with Gasteiger partial charge in [-0.2, -0.15) is 0 Å². The van der Waals surface area contributed by atoms with Crippen LogP contribution < -0.4 is 0 Å². The Balaban J connectivity index is 1.68. The number of carboxylic acids is 1. The monoisotopic (exact) mass is 238 g/mol. The van der Waals surface area contributed by atoms with Gasteiger partial charge in [-0.3, -0.25) is 9.69 Å². The van der Waals surface area contributed by atoms with E-state index in [9.17, 15) is 4.79 Å². The summed E-state index contributed by atoms with van der Waals surface area (Å²) >= 11 is 0. The molecule has 4 aliphatic rings. The first-order valence-corrected chi connectivity index (χ1v) is 6.94. The zero-order valence-electron chi connectivity index (χ0n) is 10.3. The number of hydrogen-bond acceptors (Lipinski definition) is 3. The number of carbonyl (C=O) groups is 1. The van der Waals surface area contributed by atoms with E-state index in [1.54, 1.807) is 0 Å². The van der Waals surface area contributed by atoms with Crippen LogP contribution in [0.3, 0.4) is 0 Å². The predicted octanol–water partition coefficient (Wildman–Crippen LogP) is 1.02. The van der Waals surface area contributed by atoms with E-state index in [0.717, 1.165) is 18.9 Å². The first kappa shape index (κ1) is 11.5. The van der Waals surface area contributed by atoms with Gasteiger partial charge in [0, 0.05) is 18.6 Å². The van der Waals surface area contributed by atoms with E-state index in [4.69, 9.17) is 5.11 Å². The van der Waals surface area contributed by atoms with E-state index in [-0.39, 0.29) is 0 Å². The van der Waals surface area contributed by atoms with Gasteiger partial charge >= 0.3 is 5.97 Å². The Hall–Kier alpha value is -0.610. The molecule has 0 radical (unpaired) electrons. The van der Waals surface area contributed by atoms with Gasteiger partial charge in [-0.15, -0.1) is 0 Å². The average molecular weight is 238 g/mol. The number of hydrogen-bond donors (Lipinski definition) is 1. The van der Waals surface area contributed by atoms with Gasteiger partial charge in [0.25, 0.3) is 0 Å². The summed E-state index contributed by atoms with van der Waals surface area (Å²) in [4.78, 5) is 16.0. The van der Waals surface area contributed by atoms with Gasteiger partial charge in [0.05, 0.1) is 6.42 Å². The molecule has 0 spiro atoms. The third-order valence-corrected chi connectivity index (χ3v) is 4.88. The number of likely N-dealkylation sites (tertiary alicyclic amines) is 1. The fraction of sp³-hybridized carbons (Fsp3) is 0.923. The first-order chi connectivity index (χ1) is 8.24. The maximum atomic E-state index is 10.9. The molecule has 4 heterocycles. The van der Waals surface area contributed by atoms with Crippen molar-refractivity contribution in [3.63, 3.8) is 0 Å². The normalized spacial score (nSPS) is 41.9. The van der Waals surface area contributed by atoms with E-state index in [1.165, 1.54) is 38.9 Å². The summed E-state index contributed by atoms with van der Waals surface area (Å²) in [5.74, 6) is 0.192. The van der Waals surface area contributed by atoms with Gasteiger partial charge in [0.2, 0.25) is 0 Å². The van der Waals surface area contributed by atoms with Crippen LogP contribution in [0.1, 0.15) is 32.1 Å². The maximum Gasteiger partial charge on any atom is 0.304 e. The largest absolute Gasteiger partial charge is 0.481 e. The Morgan fingerprint density at radius 3 is 2.53 bits per heavy atom. The number of nitrogens with zero attached hydrogens (tertiary/aromatic N) is 2. The van der Waals surface area contributed by atoms with Crippen molar-refractivity contribution in [3.05, 3.63) is 0 Å². The summed E-state index contributed by atoms with van der Waals surface area (Å²) < 4.78 is 0. The van der Waals surface area contributed by atoms with Crippen molar-refractivity contribution in [1.29, 1.82) is 0 Å². The van der Waals surface area contributed by atoms with Crippen LogP contribution in [0.2, 0.25) is 0 Å². The Morgan fingerprint density at radius 2 is 1.94 bits per heavy atom. The van der Waals surface area contributed by atoms with E-state index in [0.29, 0.717) is 18.5 Å². The molecule has 0 aromatic rings. The molecule has 4 heteroatoms. The van der Waals surface area contributed by atoms with Gasteiger partial charge in [-0.05, 0) is 51.2 Å². The van der Waals surface area contributed by atoms with E-state index in [1.807, 2.05) is 0 Å². The molecule has 4 saturated heterocycles. The lowest BCUT2D eigenvalue weighted by Gasteiger charge is -2.49. The summed E-state index contributed by atoms with van der Waals surface area (Å²) in [6.45, 7) is 4.82. The molecule has 1 N–H and O–H groups in total. The van der Waals surface area contributed by atoms with Crippen molar-refractivity contribution in [2.24, 2.45) is 5.92 Å². The lowest BCUT2D eigenvalue weighted by molar-refractivity contribution is -0.138. The maximum absolute atomic E-state index is 10.9. The molecule has 2 unspecified atom stereocenters. The van der Waals surface area contributed by atoms with Gasteiger partial charge < -0.3 is 10.0 Å². The molecule has 0 amide bonds. The fourth-order valence-corrected chi connectivity index (χ4v) is 4.02. The minimum Gasteiger partial charge on any atom is -0.481 e. The molecular weight excluding hydrogens is 216 g/mol. The summed E-state index contributed by atoms with van der Waals surface area (Å²) in [5, 5.41) is 8.98. The van der Waals surface area contributed by atoms with Crippen LogP contribution in [0.4, 0.5) is 0 Å². The Kier molecular flexibility index (Phi) is 3.09. The third kappa shape index (κ3) is 2.20. The molecule has 17 heavy (non-hydrogen) atoms. The molecule has 2 bridgehead atoms. The number of aliphatic carboxylic acids is 1. The van der Waals surface area contributed by atoms with Gasteiger partial charge in [-0.1, -0.05) is 0 Å². The van der Waals surface area contributed by atoms with Crippen LogP contribution in [0.5, 0.6) is 0 Å². The topological polar surface area (TPSA) is 43.8 Å². The summed E-state index contributed by atoms with van der Waals surface area (Å²) in [5.41, 5.74) is 0. The van der Waals surface area contributed by atoms with Crippen molar-refractivity contribution in [2.75, 3.05) is 26.2 Å². The van der Waals surface area contributed by atoms with Crippen LogP contribution in [0.15, 0.2) is 0 Å². The third-order valence-electron chi connectivity index (χ3n) is 4.88. The predicted molar refractivity (Wildman–Crippen MR) is 64.9 cm³/mol. The summed E-state index contributed by atoms with van der Waals surface area (Å²) in [7, 11) is 0. The van der Waals surface area contributed by atoms with Crippen molar-refractivity contribution >= 4 is 5.97 Å². The molecule has 4 rings (SSSR count). The highest BCUT2D eigenvalue weighted by Crippen LogP contribution is 2.35. The number of carboxylic acid groups (broad SMARTS) is 1. The first-order valence-electron chi connectivity index (χ1n) is 6.94. The lowest BCUT2D eigenvalue weighted by atomic mass is 9.82. The molecule has 0 aromatic carbocycles. The van der Waals surface area contributed by atoms with Crippen molar-refractivity contribution in [3.8, 4) is 0 Å². The Morgan fingerprint density at radius 1 is 1.18 bits per heavy atom. The Bertz CT molecular complexity index is 300. The molecule has 4 aliphatic heterocycles. The van der Waals surface area contributed by atoms with Crippen molar-refractivity contribution in [1.82, 2.24) is 9.80 Å². The average Bonchev–Trinajstić information content (AvgIpc) is 2.77. The molecule has 4 fully saturated rings. The van der Waals surface area contributed by atoms with E-state index >= 15 is 0 Å². The minimum absolute atomic E-state index is 0.304. The molecule has 2 atom stereocenters. The zero-order chi connectivity index (χ0) is 11.8. The molecule has 4 nitrogen and oxygen atoms in total. The SMILES string of the molecule is O=C(O)CC1CCCN1C1CN2CCC1CC2. The number of fused-ring (bicyclic) bond motifs is 3. The summed E-state index contributed by atoms with van der Waals surface area (Å²) in [6, 6.07) is 0.947. The second-order valence-corrected chi connectivity index (χ2v) is 5.84.